The molecule has 0 saturated heterocycles. The Bertz CT molecular complexity index is 322. The van der Waals surface area contributed by atoms with Gasteiger partial charge in [-0.2, -0.15) is 0 Å². The number of nitrogens with one attached hydrogen (secondary N) is 2. The van der Waals surface area contributed by atoms with Crippen LogP contribution in [0.5, 0.6) is 0 Å². The number of ketones is 1. The van der Waals surface area contributed by atoms with Gasteiger partial charge in [0.2, 0.25) is 5.91 Å². The van der Waals surface area contributed by atoms with Gasteiger partial charge in [0.15, 0.2) is 0 Å². The molecule has 0 unspecified atom stereocenters. The number of carbonyl (C=O) groups is 2. The van der Waals surface area contributed by atoms with Gasteiger partial charge in [0.05, 0.1) is 6.54 Å². The molecule has 0 aliphatic carbocycles. The third-order valence-electron chi connectivity index (χ3n) is 2.98. The van der Waals surface area contributed by atoms with Gasteiger partial charge in [-0.25, -0.2) is 0 Å². The van der Waals surface area contributed by atoms with Gasteiger partial charge in [0, 0.05) is 25.9 Å². The van der Waals surface area contributed by atoms with E-state index in [0.717, 1.165) is 19.4 Å². The number of carbonyl (C=O) groups excluding carboxylic acids is 2. The highest BCUT2D eigenvalue weighted by molar-refractivity contribution is 5.80. The van der Waals surface area contributed by atoms with Crippen molar-refractivity contribution in [2.45, 2.75) is 39.5 Å². The summed E-state index contributed by atoms with van der Waals surface area (Å²) in [6.07, 6.45) is 6.59. The van der Waals surface area contributed by atoms with Crippen molar-refractivity contribution in [2.24, 2.45) is 5.41 Å². The average Bonchev–Trinajstić information content (AvgIpc) is 2.30. The summed E-state index contributed by atoms with van der Waals surface area (Å²) in [4.78, 5) is 23.1. The summed E-state index contributed by atoms with van der Waals surface area (Å²) in [6.45, 7) is 5.95. The van der Waals surface area contributed by atoms with Crippen molar-refractivity contribution in [2.75, 3.05) is 19.6 Å². The van der Waals surface area contributed by atoms with E-state index in [1.165, 1.54) is 0 Å². The molecule has 0 saturated carbocycles. The van der Waals surface area contributed by atoms with E-state index in [-0.39, 0.29) is 17.1 Å². The third kappa shape index (κ3) is 6.55. The Morgan fingerprint density at radius 3 is 2.44 bits per heavy atom. The first-order chi connectivity index (χ1) is 8.49. The smallest absolute Gasteiger partial charge is 0.220 e. The molecule has 4 nitrogen and oxygen atoms in total. The molecule has 2 N–H and O–H groups in total. The maximum absolute atomic E-state index is 11.6. The molecule has 0 aromatic rings. The van der Waals surface area contributed by atoms with E-state index in [4.69, 9.17) is 0 Å². The molecule has 1 heterocycles. The molecule has 0 fully saturated rings. The molecule has 4 heteroatoms. The molecular weight excluding hydrogens is 228 g/mol. The van der Waals surface area contributed by atoms with E-state index in [1.54, 1.807) is 0 Å². The molecular formula is C14H24N2O2. The van der Waals surface area contributed by atoms with Gasteiger partial charge < -0.3 is 10.6 Å². The Balaban J connectivity index is 2.52. The quantitative estimate of drug-likeness (QED) is 0.641. The standard InChI is InChI=1S/C14H24N2O2/c1-14(2)10-15-9-12(17)7-5-3-4-6-8-13(18)16-11-14/h3-4,15H,5-11H2,1-2H3,(H,16,18)/b4-3+. The van der Waals surface area contributed by atoms with Gasteiger partial charge in [-0.05, 0) is 18.3 Å². The summed E-state index contributed by atoms with van der Waals surface area (Å²) < 4.78 is 0. The second kappa shape index (κ2) is 7.31. The monoisotopic (exact) mass is 252 g/mol. The van der Waals surface area contributed by atoms with Crippen LogP contribution < -0.4 is 10.6 Å². The topological polar surface area (TPSA) is 58.2 Å². The Morgan fingerprint density at radius 2 is 1.72 bits per heavy atom. The summed E-state index contributed by atoms with van der Waals surface area (Å²) in [5.41, 5.74) is -0.0318. The minimum atomic E-state index is -0.0318. The van der Waals surface area contributed by atoms with E-state index in [0.29, 0.717) is 25.9 Å². The second-order valence-electron chi connectivity index (χ2n) is 5.63. The van der Waals surface area contributed by atoms with Gasteiger partial charge in [-0.15, -0.1) is 0 Å². The first-order valence-electron chi connectivity index (χ1n) is 6.64. The van der Waals surface area contributed by atoms with Gasteiger partial charge in [0.1, 0.15) is 5.78 Å². The van der Waals surface area contributed by atoms with Crippen LogP contribution in [-0.4, -0.2) is 31.3 Å². The fraction of sp³-hybridized carbons (Fsp3) is 0.714. The Hall–Kier alpha value is -1.16. The molecule has 0 spiro atoms. The number of hydrogen-bond donors (Lipinski definition) is 2. The van der Waals surface area contributed by atoms with E-state index >= 15 is 0 Å². The minimum Gasteiger partial charge on any atom is -0.356 e. The van der Waals surface area contributed by atoms with Crippen molar-refractivity contribution >= 4 is 11.7 Å². The van der Waals surface area contributed by atoms with E-state index in [1.807, 2.05) is 12.2 Å². The predicted molar refractivity (Wildman–Crippen MR) is 72.3 cm³/mol. The molecule has 0 aromatic carbocycles. The van der Waals surface area contributed by atoms with E-state index in [2.05, 4.69) is 24.5 Å². The maximum Gasteiger partial charge on any atom is 0.220 e. The van der Waals surface area contributed by atoms with Crippen molar-refractivity contribution < 1.29 is 9.59 Å². The van der Waals surface area contributed by atoms with E-state index < -0.39 is 0 Å². The van der Waals surface area contributed by atoms with Gasteiger partial charge in [0.25, 0.3) is 0 Å². The Morgan fingerprint density at radius 1 is 1.06 bits per heavy atom. The van der Waals surface area contributed by atoms with Crippen molar-refractivity contribution in [1.29, 1.82) is 0 Å². The van der Waals surface area contributed by atoms with Crippen LogP contribution in [0.25, 0.3) is 0 Å². The molecule has 0 radical (unpaired) electrons. The normalized spacial score (nSPS) is 25.0. The number of Topliss-reactive ketones (excluding diaryl/α,β-unsaturated/α-hetero) is 1. The third-order valence-corrected chi connectivity index (χ3v) is 2.98. The van der Waals surface area contributed by atoms with E-state index in [9.17, 15) is 9.59 Å². The van der Waals surface area contributed by atoms with Crippen LogP contribution in [0, 0.1) is 5.41 Å². The first kappa shape index (κ1) is 14.9. The zero-order chi connectivity index (χ0) is 13.4. The van der Waals surface area contributed by atoms with Crippen LogP contribution in [0.15, 0.2) is 12.2 Å². The van der Waals surface area contributed by atoms with Crippen molar-refractivity contribution in [3.8, 4) is 0 Å². The summed E-state index contributed by atoms with van der Waals surface area (Å²) in [5.74, 6) is 0.345. The van der Waals surface area contributed by atoms with Gasteiger partial charge in [-0.1, -0.05) is 26.0 Å². The lowest BCUT2D eigenvalue weighted by Crippen LogP contribution is -2.41. The Kier molecular flexibility index (Phi) is 6.05. The lowest BCUT2D eigenvalue weighted by atomic mass is 9.93. The second-order valence-corrected chi connectivity index (χ2v) is 5.63. The van der Waals surface area contributed by atoms with Crippen molar-refractivity contribution in [3.05, 3.63) is 12.2 Å². The fourth-order valence-electron chi connectivity index (χ4n) is 1.81. The van der Waals surface area contributed by atoms with Crippen LogP contribution in [0.4, 0.5) is 0 Å². The highest BCUT2D eigenvalue weighted by atomic mass is 16.1. The molecule has 102 valence electrons. The average molecular weight is 252 g/mol. The van der Waals surface area contributed by atoms with Crippen molar-refractivity contribution in [3.63, 3.8) is 0 Å². The summed E-state index contributed by atoms with van der Waals surface area (Å²) in [5, 5.41) is 6.11. The largest absolute Gasteiger partial charge is 0.356 e. The zero-order valence-corrected chi connectivity index (χ0v) is 11.4. The van der Waals surface area contributed by atoms with Gasteiger partial charge >= 0.3 is 0 Å². The molecule has 18 heavy (non-hydrogen) atoms. The fourth-order valence-corrected chi connectivity index (χ4v) is 1.81. The Labute approximate surface area is 109 Å². The number of hydrogen-bond acceptors (Lipinski definition) is 3. The SMILES string of the molecule is CC1(C)CNCC(=O)CC/C=C/CCC(=O)NC1. The van der Waals surface area contributed by atoms with Gasteiger partial charge in [-0.3, -0.25) is 9.59 Å². The predicted octanol–water partition coefficient (Wildman–Crippen LogP) is 1.42. The molecule has 0 atom stereocenters. The van der Waals surface area contributed by atoms with Crippen LogP contribution in [0.3, 0.4) is 0 Å². The summed E-state index contributed by atoms with van der Waals surface area (Å²) >= 11 is 0. The molecule has 0 bridgehead atoms. The summed E-state index contributed by atoms with van der Waals surface area (Å²) in [6, 6.07) is 0. The lowest BCUT2D eigenvalue weighted by molar-refractivity contribution is -0.121. The molecule has 1 rings (SSSR count). The highest BCUT2D eigenvalue weighted by Crippen LogP contribution is 2.12. The molecule has 0 aromatic heterocycles. The number of allylic oxidation sites excluding steroid dienone is 2. The summed E-state index contributed by atoms with van der Waals surface area (Å²) in [7, 11) is 0. The highest BCUT2D eigenvalue weighted by Gasteiger charge is 2.18. The lowest BCUT2D eigenvalue weighted by Gasteiger charge is -2.25. The molecule has 1 amide bonds. The molecule has 1 aliphatic heterocycles. The van der Waals surface area contributed by atoms with Crippen LogP contribution in [-0.2, 0) is 9.59 Å². The molecule has 1 aliphatic rings. The maximum atomic E-state index is 11.6. The number of rotatable bonds is 0. The van der Waals surface area contributed by atoms with Crippen LogP contribution in [0.2, 0.25) is 0 Å². The van der Waals surface area contributed by atoms with Crippen molar-refractivity contribution in [1.82, 2.24) is 10.6 Å². The van der Waals surface area contributed by atoms with Crippen LogP contribution >= 0.6 is 0 Å². The number of amides is 1. The zero-order valence-electron chi connectivity index (χ0n) is 11.4. The van der Waals surface area contributed by atoms with Crippen LogP contribution in [0.1, 0.15) is 39.5 Å². The first-order valence-corrected chi connectivity index (χ1v) is 6.64. The minimum absolute atomic E-state index is 0.0318.